The summed E-state index contributed by atoms with van der Waals surface area (Å²) in [5.74, 6) is 0.100. The Hall–Kier alpha value is -4.31. The number of hydrogen-bond acceptors (Lipinski definition) is 5. The second-order valence-electron chi connectivity index (χ2n) is 9.99. The van der Waals surface area contributed by atoms with Crippen molar-refractivity contribution in [1.29, 1.82) is 0 Å². The summed E-state index contributed by atoms with van der Waals surface area (Å²) in [6, 6.07) is 18.5. The van der Waals surface area contributed by atoms with E-state index in [1.165, 1.54) is 18.3 Å². The van der Waals surface area contributed by atoms with Crippen molar-refractivity contribution in [1.82, 2.24) is 15.2 Å². The second kappa shape index (κ2) is 12.1. The summed E-state index contributed by atoms with van der Waals surface area (Å²) in [5.41, 5.74) is 2.19. The van der Waals surface area contributed by atoms with E-state index in [0.29, 0.717) is 61.7 Å². The number of carbonyl (C=O) groups is 1. The minimum absolute atomic E-state index is 0.0287. The molecule has 10 heteroatoms. The van der Waals surface area contributed by atoms with Crippen molar-refractivity contribution in [2.75, 3.05) is 37.7 Å². The highest BCUT2D eigenvalue weighted by molar-refractivity contribution is 5.97. The van der Waals surface area contributed by atoms with Crippen molar-refractivity contribution >= 4 is 22.5 Å². The molecule has 1 aromatic heterocycles. The molecule has 2 heterocycles. The zero-order chi connectivity index (χ0) is 29.0. The smallest absolute Gasteiger partial charge is 0.416 e. The molecule has 1 aliphatic heterocycles. The van der Waals surface area contributed by atoms with Crippen LogP contribution in [0.15, 0.2) is 77.7 Å². The molecule has 214 valence electrons. The standard InChI is InChI=1S/C31H31F3N4O3/c1-2-41-25-9-10-28-26(17-25)29(39)27(19-35-28)30(40)36-18-21-5-3-6-22(15-21)20-37-11-13-38(14-12-37)24-8-4-7-23(16-24)31(32,33)34/h3-10,15-17,19H,2,11-14,18,20H2,1H3,(H,35,39)(H,36,40). The highest BCUT2D eigenvalue weighted by Crippen LogP contribution is 2.32. The van der Waals surface area contributed by atoms with Crippen LogP contribution in [-0.4, -0.2) is 48.6 Å². The van der Waals surface area contributed by atoms with Gasteiger partial charge in [-0.25, -0.2) is 0 Å². The zero-order valence-corrected chi connectivity index (χ0v) is 22.6. The van der Waals surface area contributed by atoms with Crippen LogP contribution >= 0.6 is 0 Å². The van der Waals surface area contributed by atoms with Gasteiger partial charge in [-0.3, -0.25) is 14.5 Å². The Morgan fingerprint density at radius 1 is 0.976 bits per heavy atom. The molecule has 0 aliphatic carbocycles. The number of pyridine rings is 1. The highest BCUT2D eigenvalue weighted by atomic mass is 19.4. The lowest BCUT2D eigenvalue weighted by Crippen LogP contribution is -2.46. The number of rotatable bonds is 8. The van der Waals surface area contributed by atoms with Gasteiger partial charge in [0.25, 0.3) is 5.91 Å². The van der Waals surface area contributed by atoms with Crippen LogP contribution in [0.5, 0.6) is 5.75 Å². The maximum Gasteiger partial charge on any atom is 0.416 e. The second-order valence-corrected chi connectivity index (χ2v) is 9.99. The minimum Gasteiger partial charge on any atom is -0.494 e. The molecule has 4 aromatic rings. The summed E-state index contributed by atoms with van der Waals surface area (Å²) in [7, 11) is 0. The van der Waals surface area contributed by atoms with Gasteiger partial charge in [0.05, 0.1) is 12.2 Å². The quantitative estimate of drug-likeness (QED) is 0.308. The third kappa shape index (κ3) is 6.71. The van der Waals surface area contributed by atoms with E-state index < -0.39 is 17.6 Å². The number of ether oxygens (including phenoxy) is 1. The van der Waals surface area contributed by atoms with Gasteiger partial charge in [-0.1, -0.05) is 30.3 Å². The lowest BCUT2D eigenvalue weighted by Gasteiger charge is -2.36. The molecule has 2 N–H and O–H groups in total. The van der Waals surface area contributed by atoms with Gasteiger partial charge in [0, 0.05) is 62.1 Å². The molecule has 1 saturated heterocycles. The molecule has 0 atom stereocenters. The third-order valence-electron chi connectivity index (χ3n) is 7.17. The van der Waals surface area contributed by atoms with Crippen molar-refractivity contribution < 1.29 is 22.7 Å². The van der Waals surface area contributed by atoms with Crippen LogP contribution in [-0.2, 0) is 19.3 Å². The average molecular weight is 565 g/mol. The van der Waals surface area contributed by atoms with Crippen LogP contribution in [0.2, 0.25) is 0 Å². The van der Waals surface area contributed by atoms with Crippen LogP contribution in [0, 0.1) is 0 Å². The summed E-state index contributed by atoms with van der Waals surface area (Å²) in [6.45, 7) is 5.96. The first-order valence-corrected chi connectivity index (χ1v) is 13.5. The number of fused-ring (bicyclic) bond motifs is 1. The van der Waals surface area contributed by atoms with E-state index in [9.17, 15) is 22.8 Å². The Bertz CT molecular complexity index is 1590. The molecule has 1 fully saturated rings. The molecule has 0 unspecified atom stereocenters. The molecule has 7 nitrogen and oxygen atoms in total. The first-order valence-electron chi connectivity index (χ1n) is 13.5. The molecule has 0 saturated carbocycles. The number of amides is 1. The Labute approximate surface area is 235 Å². The number of alkyl halides is 3. The van der Waals surface area contributed by atoms with Crippen molar-refractivity contribution in [3.05, 3.63) is 105 Å². The Balaban J connectivity index is 1.17. The van der Waals surface area contributed by atoms with Crippen molar-refractivity contribution in [3.63, 3.8) is 0 Å². The molecular formula is C31H31F3N4O3. The molecule has 5 rings (SSSR count). The number of H-pyrrole nitrogens is 1. The topological polar surface area (TPSA) is 77.7 Å². The van der Waals surface area contributed by atoms with Gasteiger partial charge in [0.1, 0.15) is 11.3 Å². The molecule has 0 bridgehead atoms. The van der Waals surface area contributed by atoms with E-state index in [2.05, 4.69) is 15.2 Å². The maximum atomic E-state index is 13.1. The SMILES string of the molecule is CCOc1ccc2[nH]cc(C(=O)NCc3cccc(CN4CCN(c5cccc(C(F)(F)F)c5)CC4)c3)c(=O)c2c1. The fraction of sp³-hybridized carbons (Fsp3) is 0.290. The number of aromatic amines is 1. The van der Waals surface area contributed by atoms with E-state index in [0.717, 1.165) is 17.2 Å². The first-order chi connectivity index (χ1) is 19.7. The number of nitrogens with zero attached hydrogens (tertiary/aromatic N) is 2. The summed E-state index contributed by atoms with van der Waals surface area (Å²) >= 11 is 0. The Kier molecular flexibility index (Phi) is 8.30. The summed E-state index contributed by atoms with van der Waals surface area (Å²) < 4.78 is 44.8. The lowest BCUT2D eigenvalue weighted by molar-refractivity contribution is -0.137. The van der Waals surface area contributed by atoms with E-state index in [4.69, 9.17) is 4.74 Å². The molecule has 3 aromatic carbocycles. The molecule has 41 heavy (non-hydrogen) atoms. The highest BCUT2D eigenvalue weighted by Gasteiger charge is 2.31. The fourth-order valence-electron chi connectivity index (χ4n) is 5.04. The monoisotopic (exact) mass is 564 g/mol. The third-order valence-corrected chi connectivity index (χ3v) is 7.17. The molecule has 1 aliphatic rings. The van der Waals surface area contributed by atoms with E-state index in [-0.39, 0.29) is 17.5 Å². The van der Waals surface area contributed by atoms with Crippen LogP contribution in [0.1, 0.15) is 34.0 Å². The number of carbonyl (C=O) groups excluding carboxylic acids is 1. The maximum absolute atomic E-state index is 13.1. The first kappa shape index (κ1) is 28.2. The molecule has 0 spiro atoms. The number of nitrogens with one attached hydrogen (secondary N) is 2. The predicted octanol–water partition coefficient (Wildman–Crippen LogP) is 5.20. The molecule has 1 amide bonds. The van der Waals surface area contributed by atoms with Gasteiger partial charge in [-0.05, 0) is 54.4 Å². The largest absolute Gasteiger partial charge is 0.494 e. The predicted molar refractivity (Wildman–Crippen MR) is 152 cm³/mol. The average Bonchev–Trinajstić information content (AvgIpc) is 2.97. The van der Waals surface area contributed by atoms with Crippen LogP contribution in [0.3, 0.4) is 0 Å². The van der Waals surface area contributed by atoms with Gasteiger partial charge < -0.3 is 19.9 Å². The Morgan fingerprint density at radius 2 is 1.73 bits per heavy atom. The van der Waals surface area contributed by atoms with Crippen LogP contribution in [0.25, 0.3) is 10.9 Å². The summed E-state index contributed by atoms with van der Waals surface area (Å²) in [4.78, 5) is 33.1. The zero-order valence-electron chi connectivity index (χ0n) is 22.6. The van der Waals surface area contributed by atoms with Crippen molar-refractivity contribution in [3.8, 4) is 5.75 Å². The van der Waals surface area contributed by atoms with Gasteiger partial charge >= 0.3 is 6.18 Å². The summed E-state index contributed by atoms with van der Waals surface area (Å²) in [6.07, 6.45) is -2.93. The van der Waals surface area contributed by atoms with E-state index in [1.807, 2.05) is 36.1 Å². The van der Waals surface area contributed by atoms with Crippen LogP contribution < -0.4 is 20.4 Å². The van der Waals surface area contributed by atoms with E-state index in [1.54, 1.807) is 24.3 Å². The number of halogens is 3. The number of aromatic nitrogens is 1. The normalized spacial score (nSPS) is 14.3. The number of benzene rings is 3. The van der Waals surface area contributed by atoms with Crippen molar-refractivity contribution in [2.24, 2.45) is 0 Å². The van der Waals surface area contributed by atoms with Crippen LogP contribution in [0.4, 0.5) is 18.9 Å². The van der Waals surface area contributed by atoms with E-state index >= 15 is 0 Å². The number of anilines is 1. The fourth-order valence-corrected chi connectivity index (χ4v) is 5.04. The van der Waals surface area contributed by atoms with Crippen molar-refractivity contribution in [2.45, 2.75) is 26.2 Å². The molecule has 0 radical (unpaired) electrons. The van der Waals surface area contributed by atoms with Gasteiger partial charge in [0.2, 0.25) is 5.43 Å². The Morgan fingerprint density at radius 3 is 2.49 bits per heavy atom. The van der Waals surface area contributed by atoms with Gasteiger partial charge in [-0.15, -0.1) is 0 Å². The lowest BCUT2D eigenvalue weighted by atomic mass is 10.1. The molecular weight excluding hydrogens is 533 g/mol. The minimum atomic E-state index is -4.36. The van der Waals surface area contributed by atoms with Gasteiger partial charge in [-0.2, -0.15) is 13.2 Å². The van der Waals surface area contributed by atoms with Gasteiger partial charge in [0.15, 0.2) is 0 Å². The number of piperazine rings is 1. The number of hydrogen-bond donors (Lipinski definition) is 2. The summed E-state index contributed by atoms with van der Waals surface area (Å²) in [5, 5.41) is 3.23.